The van der Waals surface area contributed by atoms with Crippen LogP contribution in [0, 0.1) is 11.2 Å². The predicted octanol–water partition coefficient (Wildman–Crippen LogP) is 7.02. The minimum atomic E-state index is -1.41. The van der Waals surface area contributed by atoms with Crippen LogP contribution in [-0.4, -0.2) is 47.7 Å². The first-order chi connectivity index (χ1) is 17.8. The molecule has 0 amide bonds. The van der Waals surface area contributed by atoms with Crippen LogP contribution in [0.5, 0.6) is 5.75 Å². The SMILES string of the molecule is COc1ccc2ncc(Cl)c([C@H](F)CCC3(C(=O)O)CCN(CCCCc4ccc(F)cc4)CC3)c2c1. The number of carboxylic acids is 1. The van der Waals surface area contributed by atoms with Gasteiger partial charge in [0.25, 0.3) is 0 Å². The second-order valence-corrected chi connectivity index (χ2v) is 10.3. The van der Waals surface area contributed by atoms with E-state index < -0.39 is 17.6 Å². The molecule has 37 heavy (non-hydrogen) atoms. The lowest BCUT2D eigenvalue weighted by atomic mass is 9.74. The zero-order chi connectivity index (χ0) is 26.4. The number of nitrogens with zero attached hydrogens (tertiary/aromatic N) is 2. The molecule has 4 rings (SSSR count). The van der Waals surface area contributed by atoms with Crippen molar-refractivity contribution in [2.24, 2.45) is 5.41 Å². The van der Waals surface area contributed by atoms with E-state index in [4.69, 9.17) is 16.3 Å². The molecule has 2 aromatic carbocycles. The van der Waals surface area contributed by atoms with Crippen molar-refractivity contribution in [1.29, 1.82) is 0 Å². The van der Waals surface area contributed by atoms with Gasteiger partial charge in [-0.1, -0.05) is 23.7 Å². The lowest BCUT2D eigenvalue weighted by Gasteiger charge is -2.39. The Morgan fingerprint density at radius 1 is 1.19 bits per heavy atom. The Labute approximate surface area is 221 Å². The molecule has 1 saturated heterocycles. The summed E-state index contributed by atoms with van der Waals surface area (Å²) >= 11 is 6.35. The third-order valence-electron chi connectivity index (χ3n) is 7.63. The highest BCUT2D eigenvalue weighted by Gasteiger charge is 2.41. The number of aryl methyl sites for hydroxylation is 1. The number of pyridine rings is 1. The summed E-state index contributed by atoms with van der Waals surface area (Å²) < 4.78 is 33.9. The Hall–Kier alpha value is -2.77. The van der Waals surface area contributed by atoms with Crippen molar-refractivity contribution in [2.45, 2.75) is 51.1 Å². The second-order valence-electron chi connectivity index (χ2n) is 9.92. The number of piperidine rings is 1. The first-order valence-electron chi connectivity index (χ1n) is 12.8. The van der Waals surface area contributed by atoms with Gasteiger partial charge >= 0.3 is 5.97 Å². The van der Waals surface area contributed by atoms with Gasteiger partial charge in [-0.2, -0.15) is 0 Å². The molecule has 3 aromatic rings. The van der Waals surface area contributed by atoms with E-state index in [1.807, 2.05) is 12.1 Å². The Morgan fingerprint density at radius 3 is 2.59 bits per heavy atom. The molecule has 2 heterocycles. The molecule has 1 aliphatic heterocycles. The van der Waals surface area contributed by atoms with Crippen LogP contribution < -0.4 is 4.74 Å². The molecule has 8 heteroatoms. The highest BCUT2D eigenvalue weighted by molar-refractivity contribution is 6.32. The molecule has 5 nitrogen and oxygen atoms in total. The lowest BCUT2D eigenvalue weighted by Crippen LogP contribution is -2.44. The number of alkyl halides is 1. The van der Waals surface area contributed by atoms with Gasteiger partial charge in [-0.15, -0.1) is 0 Å². The van der Waals surface area contributed by atoms with Crippen molar-refractivity contribution in [2.75, 3.05) is 26.7 Å². The first kappa shape index (κ1) is 27.3. The monoisotopic (exact) mass is 530 g/mol. The minimum Gasteiger partial charge on any atom is -0.497 e. The van der Waals surface area contributed by atoms with E-state index in [9.17, 15) is 14.3 Å². The van der Waals surface area contributed by atoms with Crippen molar-refractivity contribution >= 4 is 28.5 Å². The molecule has 0 aliphatic carbocycles. The maximum atomic E-state index is 15.6. The van der Waals surface area contributed by atoms with Gasteiger partial charge in [-0.3, -0.25) is 9.78 Å². The third-order valence-corrected chi connectivity index (χ3v) is 7.93. The summed E-state index contributed by atoms with van der Waals surface area (Å²) in [5, 5.41) is 10.9. The Kier molecular flexibility index (Phi) is 8.98. The van der Waals surface area contributed by atoms with Crippen LogP contribution in [0.4, 0.5) is 8.78 Å². The molecule has 0 unspecified atom stereocenters. The topological polar surface area (TPSA) is 62.7 Å². The molecular formula is C29H33ClF2N2O3. The van der Waals surface area contributed by atoms with Gasteiger partial charge in [0.15, 0.2) is 0 Å². The lowest BCUT2D eigenvalue weighted by molar-refractivity contribution is -0.153. The van der Waals surface area contributed by atoms with Gasteiger partial charge in [0, 0.05) is 17.1 Å². The van der Waals surface area contributed by atoms with E-state index in [1.165, 1.54) is 18.3 Å². The standard InChI is InChI=1S/C29H33ClF2N2O3/c1-37-22-9-10-26-23(18-22)27(24(30)19-33-26)25(32)11-12-29(28(35)36)13-16-34(17-14-29)15-3-2-4-20-5-7-21(31)8-6-20/h5-10,18-19,25H,2-4,11-17H2,1H3,(H,35,36)/t25-/m1/s1. The zero-order valence-corrected chi connectivity index (χ0v) is 21.8. The molecule has 0 bridgehead atoms. The van der Waals surface area contributed by atoms with E-state index in [0.717, 1.165) is 31.4 Å². The molecule has 0 radical (unpaired) electrons. The van der Waals surface area contributed by atoms with Crippen molar-refractivity contribution in [3.63, 3.8) is 0 Å². The van der Waals surface area contributed by atoms with Gasteiger partial charge in [0.2, 0.25) is 0 Å². The normalized spacial score (nSPS) is 16.5. The van der Waals surface area contributed by atoms with Gasteiger partial charge in [0.05, 0.1) is 23.1 Å². The van der Waals surface area contributed by atoms with Crippen molar-refractivity contribution in [3.8, 4) is 5.75 Å². The summed E-state index contributed by atoms with van der Waals surface area (Å²) in [6.45, 7) is 2.25. The average molecular weight is 531 g/mol. The van der Waals surface area contributed by atoms with Gasteiger partial charge in [0.1, 0.15) is 17.7 Å². The highest BCUT2D eigenvalue weighted by Crippen LogP contribution is 2.42. The number of likely N-dealkylation sites (tertiary alicyclic amines) is 1. The summed E-state index contributed by atoms with van der Waals surface area (Å²) in [5.74, 6) is -0.504. The minimum absolute atomic E-state index is 0.0695. The summed E-state index contributed by atoms with van der Waals surface area (Å²) in [5.41, 5.74) is 1.13. The smallest absolute Gasteiger partial charge is 0.309 e. The van der Waals surface area contributed by atoms with Crippen molar-refractivity contribution in [3.05, 3.63) is 70.6 Å². The van der Waals surface area contributed by atoms with Crippen LogP contribution in [0.3, 0.4) is 0 Å². The van der Waals surface area contributed by atoms with E-state index in [-0.39, 0.29) is 23.7 Å². The van der Waals surface area contributed by atoms with Crippen molar-refractivity contribution in [1.82, 2.24) is 9.88 Å². The van der Waals surface area contributed by atoms with E-state index >= 15 is 4.39 Å². The Balaban J connectivity index is 1.32. The van der Waals surface area contributed by atoms with Crippen molar-refractivity contribution < 1.29 is 23.4 Å². The number of aliphatic carboxylic acids is 1. The number of ether oxygens (including phenoxy) is 1. The number of benzene rings is 2. The number of halogens is 3. The number of aromatic nitrogens is 1. The molecular weight excluding hydrogens is 498 g/mol. The number of carbonyl (C=O) groups is 1. The van der Waals surface area contributed by atoms with Crippen LogP contribution in [0.2, 0.25) is 5.02 Å². The number of hydrogen-bond acceptors (Lipinski definition) is 4. The fourth-order valence-corrected chi connectivity index (χ4v) is 5.52. The molecule has 0 spiro atoms. The number of rotatable bonds is 11. The highest BCUT2D eigenvalue weighted by atomic mass is 35.5. The third kappa shape index (κ3) is 6.57. The largest absolute Gasteiger partial charge is 0.497 e. The van der Waals surface area contributed by atoms with Gasteiger partial charge in [-0.25, -0.2) is 8.78 Å². The molecule has 1 aliphatic rings. The quantitative estimate of drug-likeness (QED) is 0.270. The predicted molar refractivity (Wildman–Crippen MR) is 141 cm³/mol. The molecule has 1 aromatic heterocycles. The number of fused-ring (bicyclic) bond motifs is 1. The van der Waals surface area contributed by atoms with Crippen LogP contribution in [0.25, 0.3) is 10.9 Å². The second kappa shape index (κ2) is 12.2. The summed E-state index contributed by atoms with van der Waals surface area (Å²) in [4.78, 5) is 18.9. The summed E-state index contributed by atoms with van der Waals surface area (Å²) in [6, 6.07) is 11.8. The Bertz CT molecular complexity index is 1210. The maximum Gasteiger partial charge on any atom is 0.309 e. The summed E-state index contributed by atoms with van der Waals surface area (Å²) in [6.07, 6.45) is 4.19. The van der Waals surface area contributed by atoms with Gasteiger partial charge < -0.3 is 14.7 Å². The summed E-state index contributed by atoms with van der Waals surface area (Å²) in [7, 11) is 1.54. The number of carboxylic acid groups (broad SMARTS) is 1. The van der Waals surface area contributed by atoms with Gasteiger partial charge in [-0.05, 0) is 100 Å². The number of unbranched alkanes of at least 4 members (excludes halogenated alkanes) is 1. The van der Waals surface area contributed by atoms with E-state index in [2.05, 4.69) is 9.88 Å². The average Bonchev–Trinajstić information content (AvgIpc) is 2.91. The molecule has 1 N–H and O–H groups in total. The van der Waals surface area contributed by atoms with Crippen LogP contribution in [0.1, 0.15) is 55.8 Å². The molecule has 1 atom stereocenters. The van der Waals surface area contributed by atoms with Crippen LogP contribution >= 0.6 is 11.6 Å². The molecule has 198 valence electrons. The molecule has 0 saturated carbocycles. The fourth-order valence-electron chi connectivity index (χ4n) is 5.25. The maximum absolute atomic E-state index is 15.6. The molecule has 1 fully saturated rings. The van der Waals surface area contributed by atoms with E-state index in [0.29, 0.717) is 48.1 Å². The van der Waals surface area contributed by atoms with Crippen LogP contribution in [0.15, 0.2) is 48.7 Å². The fraction of sp³-hybridized carbons (Fsp3) is 0.448. The number of hydrogen-bond donors (Lipinski definition) is 1. The Morgan fingerprint density at radius 2 is 1.92 bits per heavy atom. The van der Waals surface area contributed by atoms with Crippen LogP contribution in [-0.2, 0) is 11.2 Å². The zero-order valence-electron chi connectivity index (χ0n) is 21.1. The first-order valence-corrected chi connectivity index (χ1v) is 13.2. The number of methoxy groups -OCH3 is 1. The van der Waals surface area contributed by atoms with E-state index in [1.54, 1.807) is 25.3 Å².